The Hall–Kier alpha value is -5.79. The first-order valence-corrected chi connectivity index (χ1v) is 18.7. The van der Waals surface area contributed by atoms with Gasteiger partial charge in [0.05, 0.1) is 6.04 Å². The fourth-order valence-corrected chi connectivity index (χ4v) is 6.29. The Kier molecular flexibility index (Phi) is 14.0. The highest BCUT2D eigenvalue weighted by Crippen LogP contribution is 2.24. The van der Waals surface area contributed by atoms with Crippen molar-refractivity contribution in [2.75, 3.05) is 26.7 Å². The molecule has 3 heterocycles. The highest BCUT2D eigenvalue weighted by molar-refractivity contribution is 5.97. The van der Waals surface area contributed by atoms with Crippen LogP contribution in [0.3, 0.4) is 0 Å². The van der Waals surface area contributed by atoms with Crippen molar-refractivity contribution in [2.24, 2.45) is 0 Å². The number of hydrogen-bond donors (Lipinski definition) is 2. The predicted molar refractivity (Wildman–Crippen MR) is 212 cm³/mol. The van der Waals surface area contributed by atoms with Gasteiger partial charge in [-0.05, 0) is 91.1 Å². The number of hydrogen-bond acceptors (Lipinski definition) is 7. The van der Waals surface area contributed by atoms with E-state index in [0.29, 0.717) is 24.1 Å². The van der Waals surface area contributed by atoms with Gasteiger partial charge in [-0.15, -0.1) is 0 Å². The summed E-state index contributed by atoms with van der Waals surface area (Å²) in [5, 5.41) is 5.80. The first kappa shape index (κ1) is 42.9. The lowest BCUT2D eigenvalue weighted by Gasteiger charge is -2.37. The number of imidazole rings is 1. The van der Waals surface area contributed by atoms with E-state index in [1.807, 2.05) is 12.1 Å². The van der Waals surface area contributed by atoms with E-state index in [1.165, 1.54) is 30.2 Å². The number of amides is 5. The number of nitrogens with one attached hydrogen (secondary N) is 2. The molecule has 0 radical (unpaired) electrons. The number of carbonyl (C=O) groups is 5. The number of pyridine rings is 1. The molecule has 300 valence electrons. The predicted octanol–water partition coefficient (Wildman–Crippen LogP) is 5.08. The molecule has 1 aliphatic heterocycles. The first-order chi connectivity index (χ1) is 26.3. The Bertz CT molecular complexity index is 1950. The molecule has 0 saturated carbocycles. The van der Waals surface area contributed by atoms with Gasteiger partial charge in [0.1, 0.15) is 34.3 Å². The Morgan fingerprint density at radius 1 is 1.09 bits per heavy atom. The molecular weight excluding hydrogens is 718 g/mol. The minimum absolute atomic E-state index is 0.0732. The van der Waals surface area contributed by atoms with Gasteiger partial charge in [0, 0.05) is 50.7 Å². The Morgan fingerprint density at radius 3 is 2.41 bits per heavy atom. The number of aromatic nitrogens is 2. The van der Waals surface area contributed by atoms with E-state index < -0.39 is 47.2 Å². The number of benzene rings is 1. The highest BCUT2D eigenvalue weighted by atomic mass is 19.1. The van der Waals surface area contributed by atoms with Crippen LogP contribution in [-0.4, -0.2) is 110 Å². The second-order valence-corrected chi connectivity index (χ2v) is 15.4. The molecule has 2 aromatic heterocycles. The van der Waals surface area contributed by atoms with E-state index in [2.05, 4.69) is 22.2 Å². The molecule has 0 bridgehead atoms. The van der Waals surface area contributed by atoms with Crippen molar-refractivity contribution in [1.29, 1.82) is 0 Å². The highest BCUT2D eigenvalue weighted by Gasteiger charge is 2.42. The van der Waals surface area contributed by atoms with Crippen LogP contribution in [0.2, 0.25) is 0 Å². The zero-order chi connectivity index (χ0) is 41.4. The van der Waals surface area contributed by atoms with E-state index in [9.17, 15) is 28.4 Å². The summed E-state index contributed by atoms with van der Waals surface area (Å²) < 4.78 is 20.9. The molecule has 1 saturated heterocycles. The molecule has 1 aliphatic rings. The van der Waals surface area contributed by atoms with Crippen molar-refractivity contribution in [3.05, 3.63) is 108 Å². The van der Waals surface area contributed by atoms with E-state index in [-0.39, 0.29) is 43.0 Å². The zero-order valence-corrected chi connectivity index (χ0v) is 33.5. The van der Waals surface area contributed by atoms with Gasteiger partial charge in [-0.1, -0.05) is 49.1 Å². The second kappa shape index (κ2) is 18.2. The van der Waals surface area contributed by atoms with E-state index in [4.69, 9.17) is 4.74 Å². The molecule has 0 unspecified atom stereocenters. The SMILES string of the molecule is C=C/C=C(\C=C/C)C(=O)N[C@H]1C[C@@H](CN(CCc2ccc(F)cc2)C(=O)c2cn3ccccc3n2)N(C(=O)[C@H](C)NC(=O)C(C)(C)N(C)C(=O)OC(C)(C)C)C1. The van der Waals surface area contributed by atoms with Crippen LogP contribution in [0, 0.1) is 5.82 Å². The lowest BCUT2D eigenvalue weighted by Crippen LogP contribution is -2.60. The van der Waals surface area contributed by atoms with Gasteiger partial charge in [0.15, 0.2) is 0 Å². The van der Waals surface area contributed by atoms with Crippen LogP contribution in [-0.2, 0) is 25.5 Å². The molecule has 5 amide bonds. The zero-order valence-electron chi connectivity index (χ0n) is 33.5. The summed E-state index contributed by atoms with van der Waals surface area (Å²) in [6.45, 7) is 15.7. The number of ether oxygens (including phenoxy) is 1. The van der Waals surface area contributed by atoms with E-state index >= 15 is 0 Å². The fraction of sp³-hybridized carbons (Fsp3) is 0.429. The molecule has 0 aliphatic carbocycles. The van der Waals surface area contributed by atoms with Crippen molar-refractivity contribution in [1.82, 2.24) is 34.7 Å². The topological polar surface area (TPSA) is 146 Å². The van der Waals surface area contributed by atoms with Crippen LogP contribution < -0.4 is 10.6 Å². The number of halogens is 1. The average molecular weight is 772 g/mol. The van der Waals surface area contributed by atoms with Crippen LogP contribution >= 0.6 is 0 Å². The molecule has 56 heavy (non-hydrogen) atoms. The van der Waals surface area contributed by atoms with Crippen LogP contribution in [0.5, 0.6) is 0 Å². The Labute approximate surface area is 328 Å². The number of fused-ring (bicyclic) bond motifs is 1. The number of nitrogens with zero attached hydrogens (tertiary/aromatic N) is 5. The van der Waals surface area contributed by atoms with Gasteiger partial charge in [0.25, 0.3) is 11.8 Å². The molecular formula is C42H54FN7O6. The third kappa shape index (κ3) is 10.9. The number of rotatable bonds is 14. The van der Waals surface area contributed by atoms with E-state index in [0.717, 1.165) is 5.56 Å². The molecule has 2 N–H and O–H groups in total. The number of likely N-dealkylation sites (tertiary alicyclic amines) is 1. The molecule has 3 atom stereocenters. The van der Waals surface area contributed by atoms with Crippen LogP contribution in [0.1, 0.15) is 70.9 Å². The molecule has 3 aromatic rings. The largest absolute Gasteiger partial charge is 0.444 e. The summed E-state index contributed by atoms with van der Waals surface area (Å²) in [6.07, 6.45) is 9.92. The number of allylic oxidation sites excluding steroid dienone is 3. The van der Waals surface area contributed by atoms with Gasteiger partial charge < -0.3 is 29.6 Å². The van der Waals surface area contributed by atoms with E-state index in [1.54, 1.807) is 111 Å². The van der Waals surface area contributed by atoms with Crippen LogP contribution in [0.4, 0.5) is 9.18 Å². The Morgan fingerprint density at radius 2 is 1.79 bits per heavy atom. The first-order valence-electron chi connectivity index (χ1n) is 18.7. The number of carbonyl (C=O) groups excluding carboxylic acids is 5. The smallest absolute Gasteiger partial charge is 0.410 e. The molecule has 1 aromatic carbocycles. The second-order valence-electron chi connectivity index (χ2n) is 15.4. The maximum absolute atomic E-state index is 14.3. The summed E-state index contributed by atoms with van der Waals surface area (Å²) in [5.74, 6) is -2.12. The fourth-order valence-electron chi connectivity index (χ4n) is 6.29. The van der Waals surface area contributed by atoms with Crippen molar-refractivity contribution in [3.63, 3.8) is 0 Å². The van der Waals surface area contributed by atoms with Crippen LogP contribution in [0.25, 0.3) is 5.65 Å². The normalized spacial score (nSPS) is 16.7. The van der Waals surface area contributed by atoms with Crippen molar-refractivity contribution >= 4 is 35.4 Å². The van der Waals surface area contributed by atoms with Crippen molar-refractivity contribution in [2.45, 2.75) is 90.6 Å². The van der Waals surface area contributed by atoms with Gasteiger partial charge in [-0.3, -0.25) is 24.1 Å². The standard InChI is InChI=1S/C42H54FN7O6/c1-10-14-30(15-11-2)36(51)45-32-24-33(50(25-32)37(52)28(3)44-39(54)42(7,8)47(9)40(55)56-41(4,5)6)26-49(23-21-29-17-19-31(43)20-18-29)38(53)34-27-48-22-13-12-16-35(48)46-34/h10-20,22,27-28,32-33H,1,21,23-26H2,2-9H3,(H,44,54)(H,45,51)/b15-11-,30-14+/t28-,32-,33-/m0/s1. The third-order valence-corrected chi connectivity index (χ3v) is 9.60. The molecule has 4 rings (SSSR count). The van der Waals surface area contributed by atoms with Gasteiger partial charge >= 0.3 is 6.09 Å². The monoisotopic (exact) mass is 771 g/mol. The van der Waals surface area contributed by atoms with Gasteiger partial charge in [0.2, 0.25) is 11.8 Å². The lowest BCUT2D eigenvalue weighted by atomic mass is 10.0. The minimum atomic E-state index is -1.39. The summed E-state index contributed by atoms with van der Waals surface area (Å²) in [6, 6.07) is 9.33. The maximum atomic E-state index is 14.3. The van der Waals surface area contributed by atoms with Crippen molar-refractivity contribution < 1.29 is 33.1 Å². The van der Waals surface area contributed by atoms with Crippen LogP contribution in [0.15, 0.2) is 91.3 Å². The summed E-state index contributed by atoms with van der Waals surface area (Å²) in [4.78, 5) is 77.3. The summed E-state index contributed by atoms with van der Waals surface area (Å²) >= 11 is 0. The maximum Gasteiger partial charge on any atom is 0.410 e. The Balaban J connectivity index is 1.63. The van der Waals surface area contributed by atoms with Gasteiger partial charge in [-0.25, -0.2) is 14.2 Å². The lowest BCUT2D eigenvalue weighted by molar-refractivity contribution is -0.139. The molecule has 14 heteroatoms. The van der Waals surface area contributed by atoms with Gasteiger partial charge in [-0.2, -0.15) is 0 Å². The molecule has 1 fully saturated rings. The van der Waals surface area contributed by atoms with Crippen molar-refractivity contribution in [3.8, 4) is 0 Å². The average Bonchev–Trinajstić information content (AvgIpc) is 3.76. The summed E-state index contributed by atoms with van der Waals surface area (Å²) in [7, 11) is 1.45. The minimum Gasteiger partial charge on any atom is -0.444 e. The molecule has 0 spiro atoms. The summed E-state index contributed by atoms with van der Waals surface area (Å²) in [5.41, 5.74) is -0.196. The molecule has 13 nitrogen and oxygen atoms in total. The third-order valence-electron chi connectivity index (χ3n) is 9.60. The number of likely N-dealkylation sites (N-methyl/N-ethyl adjacent to an activating group) is 1. The quantitative estimate of drug-likeness (QED) is 0.172.